The lowest BCUT2D eigenvalue weighted by Crippen LogP contribution is -2.28. The number of methoxy groups -OCH3 is 1. The molecule has 0 fully saturated rings. The fourth-order valence-electron chi connectivity index (χ4n) is 3.46. The van der Waals surface area contributed by atoms with Gasteiger partial charge in [-0.05, 0) is 30.7 Å². The second kappa shape index (κ2) is 9.27. The Balaban J connectivity index is 2.23. The summed E-state index contributed by atoms with van der Waals surface area (Å²) in [5.74, 6) is 0.614. The number of H-pyrrole nitrogens is 1. The van der Waals surface area contributed by atoms with Crippen molar-refractivity contribution in [2.75, 3.05) is 25.7 Å². The van der Waals surface area contributed by atoms with E-state index >= 15 is 0 Å². The molecule has 3 rings (SSSR count). The largest absolute Gasteiger partial charge is 0.493 e. The van der Waals surface area contributed by atoms with Crippen LogP contribution in [0, 0.1) is 5.41 Å². The first-order valence-corrected chi connectivity index (χ1v) is 11.8. The lowest BCUT2D eigenvalue weighted by atomic mass is 10.1. The van der Waals surface area contributed by atoms with Crippen molar-refractivity contribution in [3.8, 4) is 11.5 Å². The fraction of sp³-hybridized carbons (Fsp3) is 0.286. The molecular formula is C21H25N5O5S. The van der Waals surface area contributed by atoms with E-state index in [-0.39, 0.29) is 11.4 Å². The number of hydrogen-bond acceptors (Lipinski definition) is 8. The van der Waals surface area contributed by atoms with E-state index in [1.54, 1.807) is 24.3 Å². The predicted octanol–water partition coefficient (Wildman–Crippen LogP) is 1.72. The number of hydrogen-bond donors (Lipinski definition) is 3. The zero-order valence-electron chi connectivity index (χ0n) is 18.0. The summed E-state index contributed by atoms with van der Waals surface area (Å²) in [6.07, 6.45) is 4.94. The normalized spacial score (nSPS) is 13.2. The summed E-state index contributed by atoms with van der Waals surface area (Å²) in [4.78, 5) is 20.0. The third kappa shape index (κ3) is 4.67. The van der Waals surface area contributed by atoms with Gasteiger partial charge in [0, 0.05) is 36.0 Å². The number of imidazole rings is 1. The molecule has 0 aliphatic heterocycles. The topological polar surface area (TPSA) is 153 Å². The Labute approximate surface area is 185 Å². The first-order valence-electron chi connectivity index (χ1n) is 9.73. The molecule has 0 radical (unpaired) electrons. The zero-order valence-corrected chi connectivity index (χ0v) is 18.8. The van der Waals surface area contributed by atoms with Gasteiger partial charge in [-0.1, -0.05) is 6.07 Å². The highest BCUT2D eigenvalue weighted by Gasteiger charge is 2.25. The van der Waals surface area contributed by atoms with Crippen molar-refractivity contribution >= 4 is 32.8 Å². The van der Waals surface area contributed by atoms with Crippen molar-refractivity contribution < 1.29 is 17.9 Å². The van der Waals surface area contributed by atoms with Gasteiger partial charge in [0.15, 0.2) is 17.1 Å². The Morgan fingerprint density at radius 2 is 2.09 bits per heavy atom. The van der Waals surface area contributed by atoms with Gasteiger partial charge in [0.2, 0.25) is 0 Å². The van der Waals surface area contributed by atoms with Gasteiger partial charge in [-0.2, -0.15) is 0 Å². The van der Waals surface area contributed by atoms with Crippen LogP contribution in [-0.2, 0) is 9.84 Å². The SMILES string of the molecule is CCOc1cc([C@H](CS(C)(=O)=O)n2c(=O)[nH]c3cc(/C(C=N)=C/N)cnc32)ccc1OC. The van der Waals surface area contributed by atoms with E-state index in [0.717, 1.165) is 12.5 Å². The van der Waals surface area contributed by atoms with Crippen LogP contribution < -0.4 is 20.9 Å². The molecule has 0 amide bonds. The third-order valence-electron chi connectivity index (χ3n) is 4.87. The van der Waals surface area contributed by atoms with Crippen LogP contribution in [0.15, 0.2) is 41.5 Å². The molecule has 0 bridgehead atoms. The van der Waals surface area contributed by atoms with E-state index < -0.39 is 21.6 Å². The van der Waals surface area contributed by atoms with Crippen molar-refractivity contribution in [2.45, 2.75) is 13.0 Å². The molecule has 1 atom stereocenters. The number of nitrogens with two attached hydrogens (primary N) is 1. The Hall–Kier alpha value is -3.60. The molecular weight excluding hydrogens is 434 g/mol. The molecule has 11 heteroatoms. The van der Waals surface area contributed by atoms with E-state index in [4.69, 9.17) is 20.6 Å². The molecule has 0 unspecified atom stereocenters. The lowest BCUT2D eigenvalue weighted by Gasteiger charge is -2.20. The number of pyridine rings is 1. The van der Waals surface area contributed by atoms with E-state index in [1.807, 2.05) is 6.92 Å². The summed E-state index contributed by atoms with van der Waals surface area (Å²) in [7, 11) is -1.97. The minimum atomic E-state index is -3.48. The number of aromatic amines is 1. The van der Waals surface area contributed by atoms with Gasteiger partial charge >= 0.3 is 5.69 Å². The van der Waals surface area contributed by atoms with Crippen LogP contribution in [-0.4, -0.2) is 54.9 Å². The molecule has 4 N–H and O–H groups in total. The highest BCUT2D eigenvalue weighted by Crippen LogP contribution is 2.32. The van der Waals surface area contributed by atoms with Gasteiger partial charge in [-0.15, -0.1) is 0 Å². The molecule has 0 saturated heterocycles. The number of sulfone groups is 1. The molecule has 1 aromatic carbocycles. The van der Waals surface area contributed by atoms with E-state index in [0.29, 0.717) is 40.3 Å². The summed E-state index contributed by atoms with van der Waals surface area (Å²) >= 11 is 0. The van der Waals surface area contributed by atoms with Gasteiger partial charge in [0.1, 0.15) is 9.84 Å². The fourth-order valence-corrected chi connectivity index (χ4v) is 4.38. The molecule has 0 spiro atoms. The summed E-state index contributed by atoms with van der Waals surface area (Å²) in [5, 5.41) is 7.45. The monoisotopic (exact) mass is 459 g/mol. The second-order valence-corrected chi connectivity index (χ2v) is 9.30. The second-order valence-electron chi connectivity index (χ2n) is 7.11. The number of aromatic nitrogens is 3. The zero-order chi connectivity index (χ0) is 23.5. The van der Waals surface area contributed by atoms with Gasteiger partial charge in [0.25, 0.3) is 0 Å². The molecule has 10 nitrogen and oxygen atoms in total. The summed E-state index contributed by atoms with van der Waals surface area (Å²) in [6, 6.07) is 5.82. The van der Waals surface area contributed by atoms with Crippen LogP contribution in [0.25, 0.3) is 16.7 Å². The van der Waals surface area contributed by atoms with Gasteiger partial charge in [-0.25, -0.2) is 18.2 Å². The molecule has 3 aromatic rings. The van der Waals surface area contributed by atoms with Crippen molar-refractivity contribution in [3.05, 3.63) is 58.3 Å². The van der Waals surface area contributed by atoms with Crippen molar-refractivity contribution in [1.82, 2.24) is 14.5 Å². The van der Waals surface area contributed by atoms with Crippen molar-refractivity contribution in [2.24, 2.45) is 5.73 Å². The Morgan fingerprint density at radius 1 is 1.34 bits per heavy atom. The van der Waals surface area contributed by atoms with E-state index in [1.165, 1.54) is 24.1 Å². The molecule has 0 aliphatic carbocycles. The highest BCUT2D eigenvalue weighted by atomic mass is 32.2. The Morgan fingerprint density at radius 3 is 2.69 bits per heavy atom. The van der Waals surface area contributed by atoms with Crippen LogP contribution in [0.3, 0.4) is 0 Å². The minimum Gasteiger partial charge on any atom is -0.493 e. The predicted molar refractivity (Wildman–Crippen MR) is 123 cm³/mol. The number of rotatable bonds is 9. The number of ether oxygens (including phenoxy) is 2. The van der Waals surface area contributed by atoms with Crippen molar-refractivity contribution in [1.29, 1.82) is 5.41 Å². The number of allylic oxidation sites excluding steroid dienone is 1. The van der Waals surface area contributed by atoms with Crippen molar-refractivity contribution in [3.63, 3.8) is 0 Å². The smallest absolute Gasteiger partial charge is 0.328 e. The summed E-state index contributed by atoms with van der Waals surface area (Å²) < 4.78 is 36.8. The highest BCUT2D eigenvalue weighted by molar-refractivity contribution is 7.90. The number of nitrogens with zero attached hydrogens (tertiary/aromatic N) is 2. The quantitative estimate of drug-likeness (QED) is 0.412. The molecule has 32 heavy (non-hydrogen) atoms. The van der Waals surface area contributed by atoms with Crippen LogP contribution in [0.4, 0.5) is 0 Å². The van der Waals surface area contributed by atoms with Crippen LogP contribution in [0.1, 0.15) is 24.1 Å². The number of fused-ring (bicyclic) bond motifs is 1. The average molecular weight is 460 g/mol. The molecule has 2 heterocycles. The molecule has 2 aromatic heterocycles. The van der Waals surface area contributed by atoms with Gasteiger partial charge < -0.3 is 25.6 Å². The van der Waals surface area contributed by atoms with E-state index in [9.17, 15) is 13.2 Å². The van der Waals surface area contributed by atoms with Gasteiger partial charge in [-0.3, -0.25) is 4.57 Å². The third-order valence-corrected chi connectivity index (χ3v) is 5.79. The Kier molecular flexibility index (Phi) is 6.68. The minimum absolute atomic E-state index is 0.280. The summed E-state index contributed by atoms with van der Waals surface area (Å²) in [6.45, 7) is 2.21. The maximum Gasteiger partial charge on any atom is 0.328 e. The first-order chi connectivity index (χ1) is 15.2. The standard InChI is InChI=1S/C21H25N5O5S/c1-4-31-19-8-13(5-6-18(19)30-2)17(12-32(3,28)29)26-20-16(25-21(26)27)7-14(11-24-20)15(9-22)10-23/h5-11,17,22H,4,12,23H2,1-3H3,(H,25,27)/b15-10+,22-9?/t17-/m0/s1. The maximum absolute atomic E-state index is 12.9. The number of nitrogens with one attached hydrogen (secondary N) is 2. The lowest BCUT2D eigenvalue weighted by molar-refractivity contribution is 0.310. The number of benzene rings is 1. The van der Waals surface area contributed by atoms with Crippen LogP contribution in [0.5, 0.6) is 11.5 Å². The molecule has 0 aliphatic rings. The molecule has 0 saturated carbocycles. The maximum atomic E-state index is 12.9. The molecule has 170 valence electrons. The Bertz CT molecular complexity index is 1340. The van der Waals surface area contributed by atoms with E-state index in [2.05, 4.69) is 9.97 Å². The van der Waals surface area contributed by atoms with Gasteiger partial charge in [0.05, 0.1) is 31.0 Å². The first kappa shape index (κ1) is 23.1. The van der Waals surface area contributed by atoms with Crippen LogP contribution >= 0.6 is 0 Å². The summed E-state index contributed by atoms with van der Waals surface area (Å²) in [5.41, 5.74) is 7.23. The average Bonchev–Trinajstić information content (AvgIpc) is 3.07. The van der Waals surface area contributed by atoms with Crippen LogP contribution in [0.2, 0.25) is 0 Å².